The van der Waals surface area contributed by atoms with E-state index in [9.17, 15) is 4.79 Å². The molecule has 6 heteroatoms. The second-order valence-corrected chi connectivity index (χ2v) is 7.70. The van der Waals surface area contributed by atoms with Crippen LogP contribution in [-0.4, -0.2) is 36.0 Å². The van der Waals surface area contributed by atoms with E-state index in [1.807, 2.05) is 48.5 Å². The Bertz CT molecular complexity index is 967. The SMILES string of the molecule is COc1ccc(CN2CCC(C(=O)Nc3ccc(Oc4cccnc4)cc3)CC2)cc1. The van der Waals surface area contributed by atoms with Gasteiger partial charge in [0.1, 0.15) is 17.2 Å². The standard InChI is InChI=1S/C25H27N3O3/c1-30-22-8-4-19(5-9-22)18-28-15-12-20(13-16-28)25(29)27-21-6-10-23(11-7-21)31-24-3-2-14-26-17-24/h2-11,14,17,20H,12-13,15-16,18H2,1H3,(H,27,29). The molecule has 1 aliphatic rings. The van der Waals surface area contributed by atoms with Crippen LogP contribution in [0, 0.1) is 5.92 Å². The summed E-state index contributed by atoms with van der Waals surface area (Å²) in [4.78, 5) is 19.1. The number of nitrogens with one attached hydrogen (secondary N) is 1. The third-order valence-corrected chi connectivity index (χ3v) is 5.52. The van der Waals surface area contributed by atoms with Gasteiger partial charge in [-0.05, 0) is 80.0 Å². The molecule has 31 heavy (non-hydrogen) atoms. The third-order valence-electron chi connectivity index (χ3n) is 5.52. The number of likely N-dealkylation sites (tertiary alicyclic amines) is 1. The summed E-state index contributed by atoms with van der Waals surface area (Å²) in [7, 11) is 1.68. The molecular formula is C25H27N3O3. The molecule has 1 saturated heterocycles. The molecule has 1 amide bonds. The number of pyridine rings is 1. The quantitative estimate of drug-likeness (QED) is 0.602. The van der Waals surface area contributed by atoms with Crippen molar-refractivity contribution in [1.29, 1.82) is 0 Å². The molecule has 0 atom stereocenters. The lowest BCUT2D eigenvalue weighted by Crippen LogP contribution is -2.37. The van der Waals surface area contributed by atoms with Crippen LogP contribution in [-0.2, 0) is 11.3 Å². The van der Waals surface area contributed by atoms with E-state index in [-0.39, 0.29) is 11.8 Å². The van der Waals surface area contributed by atoms with Gasteiger partial charge < -0.3 is 14.8 Å². The van der Waals surface area contributed by atoms with Crippen molar-refractivity contribution in [3.05, 3.63) is 78.6 Å². The minimum Gasteiger partial charge on any atom is -0.497 e. The Hall–Kier alpha value is -3.38. The van der Waals surface area contributed by atoms with Gasteiger partial charge in [-0.3, -0.25) is 14.7 Å². The number of hydrogen-bond acceptors (Lipinski definition) is 5. The molecule has 1 fully saturated rings. The van der Waals surface area contributed by atoms with Crippen LogP contribution in [0.3, 0.4) is 0 Å². The van der Waals surface area contributed by atoms with Gasteiger partial charge in [0, 0.05) is 24.3 Å². The second kappa shape index (κ2) is 10.1. The van der Waals surface area contributed by atoms with Gasteiger partial charge in [0.25, 0.3) is 0 Å². The number of amides is 1. The monoisotopic (exact) mass is 417 g/mol. The maximum atomic E-state index is 12.7. The molecule has 2 aromatic carbocycles. The number of rotatable bonds is 7. The Morgan fingerprint density at radius 1 is 1.00 bits per heavy atom. The normalized spacial score (nSPS) is 14.7. The van der Waals surface area contributed by atoms with Gasteiger partial charge >= 0.3 is 0 Å². The number of benzene rings is 2. The lowest BCUT2D eigenvalue weighted by molar-refractivity contribution is -0.121. The molecular weight excluding hydrogens is 390 g/mol. The van der Waals surface area contributed by atoms with E-state index < -0.39 is 0 Å². The predicted octanol–water partition coefficient (Wildman–Crippen LogP) is 4.73. The molecule has 2 heterocycles. The fourth-order valence-corrected chi connectivity index (χ4v) is 3.74. The summed E-state index contributed by atoms with van der Waals surface area (Å²) >= 11 is 0. The topological polar surface area (TPSA) is 63.7 Å². The lowest BCUT2D eigenvalue weighted by atomic mass is 9.95. The molecule has 6 nitrogen and oxygen atoms in total. The van der Waals surface area contributed by atoms with Gasteiger partial charge in [-0.15, -0.1) is 0 Å². The van der Waals surface area contributed by atoms with E-state index in [1.54, 1.807) is 19.5 Å². The van der Waals surface area contributed by atoms with Gasteiger partial charge in [0.15, 0.2) is 0 Å². The summed E-state index contributed by atoms with van der Waals surface area (Å²) in [5.41, 5.74) is 2.04. The zero-order valence-corrected chi connectivity index (χ0v) is 17.7. The highest BCUT2D eigenvalue weighted by molar-refractivity contribution is 5.92. The highest BCUT2D eigenvalue weighted by Gasteiger charge is 2.25. The molecule has 1 aliphatic heterocycles. The summed E-state index contributed by atoms with van der Waals surface area (Å²) < 4.78 is 11.0. The molecule has 3 aromatic rings. The lowest BCUT2D eigenvalue weighted by Gasteiger charge is -2.31. The van der Waals surface area contributed by atoms with Crippen molar-refractivity contribution >= 4 is 11.6 Å². The summed E-state index contributed by atoms with van der Waals surface area (Å²) in [5.74, 6) is 2.39. The first-order valence-corrected chi connectivity index (χ1v) is 10.5. The predicted molar refractivity (Wildman–Crippen MR) is 120 cm³/mol. The van der Waals surface area contributed by atoms with Gasteiger partial charge in [-0.1, -0.05) is 12.1 Å². The molecule has 4 rings (SSSR count). The molecule has 0 radical (unpaired) electrons. The summed E-state index contributed by atoms with van der Waals surface area (Å²) in [6.45, 7) is 2.74. The Balaban J connectivity index is 1.24. The smallest absolute Gasteiger partial charge is 0.227 e. The minimum atomic E-state index is 0.0402. The van der Waals surface area contributed by atoms with Crippen molar-refractivity contribution < 1.29 is 14.3 Å². The number of hydrogen-bond donors (Lipinski definition) is 1. The molecule has 0 bridgehead atoms. The average molecular weight is 418 g/mol. The number of piperidine rings is 1. The Kier molecular flexibility index (Phi) is 6.79. The van der Waals surface area contributed by atoms with Crippen LogP contribution in [0.15, 0.2) is 73.1 Å². The minimum absolute atomic E-state index is 0.0402. The summed E-state index contributed by atoms with van der Waals surface area (Å²) in [6.07, 6.45) is 5.10. The number of ether oxygens (including phenoxy) is 2. The molecule has 0 aliphatic carbocycles. The van der Waals surface area contributed by atoms with Gasteiger partial charge in [0.2, 0.25) is 5.91 Å². The van der Waals surface area contributed by atoms with Crippen molar-refractivity contribution in [3.63, 3.8) is 0 Å². The highest BCUT2D eigenvalue weighted by Crippen LogP contribution is 2.24. The van der Waals surface area contributed by atoms with Crippen LogP contribution >= 0.6 is 0 Å². The number of carbonyl (C=O) groups is 1. The Labute approximate surface area is 182 Å². The first kappa shape index (κ1) is 20.9. The fourth-order valence-electron chi connectivity index (χ4n) is 3.74. The number of methoxy groups -OCH3 is 1. The largest absolute Gasteiger partial charge is 0.497 e. The summed E-state index contributed by atoms with van der Waals surface area (Å²) in [6, 6.07) is 19.3. The number of anilines is 1. The zero-order valence-electron chi connectivity index (χ0n) is 17.7. The second-order valence-electron chi connectivity index (χ2n) is 7.70. The fraction of sp³-hybridized carbons (Fsp3) is 0.280. The third kappa shape index (κ3) is 5.83. The zero-order chi connectivity index (χ0) is 21.5. The maximum absolute atomic E-state index is 12.7. The van der Waals surface area contributed by atoms with E-state index in [0.29, 0.717) is 11.5 Å². The van der Waals surface area contributed by atoms with Crippen molar-refractivity contribution in [2.24, 2.45) is 5.92 Å². The van der Waals surface area contributed by atoms with Crippen LogP contribution in [0.5, 0.6) is 17.2 Å². The molecule has 1 aromatic heterocycles. The van der Waals surface area contributed by atoms with Crippen LogP contribution < -0.4 is 14.8 Å². The van der Waals surface area contributed by atoms with E-state index in [2.05, 4.69) is 27.3 Å². The van der Waals surface area contributed by atoms with E-state index in [1.165, 1.54) is 5.56 Å². The van der Waals surface area contributed by atoms with Crippen molar-refractivity contribution in [1.82, 2.24) is 9.88 Å². The van der Waals surface area contributed by atoms with Crippen molar-refractivity contribution in [2.45, 2.75) is 19.4 Å². The Morgan fingerprint density at radius 2 is 1.71 bits per heavy atom. The summed E-state index contributed by atoms with van der Waals surface area (Å²) in [5, 5.41) is 3.04. The highest BCUT2D eigenvalue weighted by atomic mass is 16.5. The van der Waals surface area contributed by atoms with Crippen LogP contribution in [0.2, 0.25) is 0 Å². The first-order chi connectivity index (χ1) is 15.2. The van der Waals surface area contributed by atoms with Crippen LogP contribution in [0.1, 0.15) is 18.4 Å². The molecule has 1 N–H and O–H groups in total. The van der Waals surface area contributed by atoms with Crippen molar-refractivity contribution in [3.8, 4) is 17.2 Å². The maximum Gasteiger partial charge on any atom is 0.227 e. The van der Waals surface area contributed by atoms with Gasteiger partial charge in [-0.2, -0.15) is 0 Å². The number of nitrogens with zero attached hydrogens (tertiary/aromatic N) is 2. The van der Waals surface area contributed by atoms with Crippen LogP contribution in [0.25, 0.3) is 0 Å². The van der Waals surface area contributed by atoms with E-state index in [0.717, 1.165) is 43.9 Å². The average Bonchev–Trinajstić information content (AvgIpc) is 2.82. The number of carbonyl (C=O) groups excluding carboxylic acids is 1. The van der Waals surface area contributed by atoms with E-state index in [4.69, 9.17) is 9.47 Å². The first-order valence-electron chi connectivity index (χ1n) is 10.5. The van der Waals surface area contributed by atoms with E-state index >= 15 is 0 Å². The van der Waals surface area contributed by atoms with Crippen molar-refractivity contribution in [2.75, 3.05) is 25.5 Å². The van der Waals surface area contributed by atoms with Gasteiger partial charge in [0.05, 0.1) is 13.3 Å². The Morgan fingerprint density at radius 3 is 2.35 bits per heavy atom. The number of aromatic nitrogens is 1. The molecule has 0 unspecified atom stereocenters. The van der Waals surface area contributed by atoms with Crippen LogP contribution in [0.4, 0.5) is 5.69 Å². The molecule has 160 valence electrons. The molecule has 0 saturated carbocycles. The van der Waals surface area contributed by atoms with Gasteiger partial charge in [-0.25, -0.2) is 0 Å². The molecule has 0 spiro atoms.